The van der Waals surface area contributed by atoms with E-state index in [9.17, 15) is 0 Å². The minimum Gasteiger partial charge on any atom is -0.477 e. The van der Waals surface area contributed by atoms with Crippen LogP contribution in [0.25, 0.3) is 0 Å². The summed E-state index contributed by atoms with van der Waals surface area (Å²) >= 11 is 0. The smallest absolute Gasteiger partial charge is 0.232 e. The molecule has 0 atom stereocenters. The first-order chi connectivity index (χ1) is 7.86. The van der Waals surface area contributed by atoms with Crippen molar-refractivity contribution in [3.63, 3.8) is 0 Å². The Morgan fingerprint density at radius 2 is 2.12 bits per heavy atom. The molecule has 1 heterocycles. The van der Waals surface area contributed by atoms with Crippen LogP contribution in [-0.4, -0.2) is 23.6 Å². The van der Waals surface area contributed by atoms with Crippen LogP contribution in [0.3, 0.4) is 0 Å². The molecule has 1 aromatic rings. The normalized spacial score (nSPS) is 10.4. The summed E-state index contributed by atoms with van der Waals surface area (Å²) in [5, 5.41) is 3.04. The monoisotopic (exact) mass is 223 g/mol. The second-order valence-electron chi connectivity index (χ2n) is 3.79. The SMILES string of the molecule is CCCCCCOc1cncc(CNC)n1. The Bertz CT molecular complexity index is 291. The summed E-state index contributed by atoms with van der Waals surface area (Å²) in [6, 6.07) is 0. The standard InChI is InChI=1S/C12H21N3O/c1-3-4-5-6-7-16-12-10-14-9-11(15-12)8-13-2/h9-10,13H,3-8H2,1-2H3. The molecule has 4 heteroatoms. The lowest BCUT2D eigenvalue weighted by molar-refractivity contribution is 0.291. The highest BCUT2D eigenvalue weighted by molar-refractivity contribution is 5.08. The van der Waals surface area contributed by atoms with Crippen LogP contribution in [0.2, 0.25) is 0 Å². The van der Waals surface area contributed by atoms with Crippen LogP contribution < -0.4 is 10.1 Å². The summed E-state index contributed by atoms with van der Waals surface area (Å²) in [7, 11) is 1.89. The van der Waals surface area contributed by atoms with Crippen molar-refractivity contribution >= 4 is 0 Å². The van der Waals surface area contributed by atoms with Gasteiger partial charge in [0.2, 0.25) is 5.88 Å². The topological polar surface area (TPSA) is 47.0 Å². The number of rotatable bonds is 8. The number of nitrogens with one attached hydrogen (secondary N) is 1. The Hall–Kier alpha value is -1.16. The van der Waals surface area contributed by atoms with E-state index in [0.717, 1.165) is 25.3 Å². The maximum absolute atomic E-state index is 5.54. The van der Waals surface area contributed by atoms with Gasteiger partial charge in [0.25, 0.3) is 0 Å². The summed E-state index contributed by atoms with van der Waals surface area (Å²) in [6.07, 6.45) is 8.25. The molecule has 1 aromatic heterocycles. The molecule has 0 saturated heterocycles. The predicted molar refractivity (Wildman–Crippen MR) is 64.4 cm³/mol. The second-order valence-corrected chi connectivity index (χ2v) is 3.79. The fourth-order valence-corrected chi connectivity index (χ4v) is 1.43. The molecule has 4 nitrogen and oxygen atoms in total. The highest BCUT2D eigenvalue weighted by atomic mass is 16.5. The molecule has 0 radical (unpaired) electrons. The van der Waals surface area contributed by atoms with E-state index < -0.39 is 0 Å². The van der Waals surface area contributed by atoms with Crippen molar-refractivity contribution in [2.75, 3.05) is 13.7 Å². The molecule has 0 bridgehead atoms. The Labute approximate surface area is 97.5 Å². The highest BCUT2D eigenvalue weighted by Gasteiger charge is 1.98. The molecular weight excluding hydrogens is 202 g/mol. The van der Waals surface area contributed by atoms with Gasteiger partial charge in [-0.2, -0.15) is 0 Å². The van der Waals surface area contributed by atoms with Gasteiger partial charge in [-0.15, -0.1) is 0 Å². The molecule has 0 unspecified atom stereocenters. The van der Waals surface area contributed by atoms with Gasteiger partial charge in [-0.25, -0.2) is 4.98 Å². The van der Waals surface area contributed by atoms with E-state index in [4.69, 9.17) is 4.74 Å². The third kappa shape index (κ3) is 5.07. The van der Waals surface area contributed by atoms with Gasteiger partial charge in [0.05, 0.1) is 18.5 Å². The average molecular weight is 223 g/mol. The van der Waals surface area contributed by atoms with Crippen LogP contribution >= 0.6 is 0 Å². The fourth-order valence-electron chi connectivity index (χ4n) is 1.43. The highest BCUT2D eigenvalue weighted by Crippen LogP contribution is 2.06. The lowest BCUT2D eigenvalue weighted by atomic mass is 10.2. The summed E-state index contributed by atoms with van der Waals surface area (Å²) in [5.41, 5.74) is 0.911. The van der Waals surface area contributed by atoms with Crippen molar-refractivity contribution in [1.82, 2.24) is 15.3 Å². The molecule has 1 rings (SSSR count). The molecule has 0 aliphatic carbocycles. The third-order valence-corrected chi connectivity index (χ3v) is 2.27. The predicted octanol–water partition coefficient (Wildman–Crippen LogP) is 2.16. The maximum atomic E-state index is 5.54. The van der Waals surface area contributed by atoms with Gasteiger partial charge < -0.3 is 10.1 Å². The number of hydrogen-bond acceptors (Lipinski definition) is 4. The van der Waals surface area contributed by atoms with E-state index in [0.29, 0.717) is 5.88 Å². The van der Waals surface area contributed by atoms with Crippen LogP contribution in [0.1, 0.15) is 38.3 Å². The molecule has 0 aromatic carbocycles. The fraction of sp³-hybridized carbons (Fsp3) is 0.667. The van der Waals surface area contributed by atoms with E-state index in [1.165, 1.54) is 19.3 Å². The Morgan fingerprint density at radius 1 is 1.25 bits per heavy atom. The minimum atomic E-state index is 0.629. The van der Waals surface area contributed by atoms with Gasteiger partial charge in [0, 0.05) is 12.7 Å². The van der Waals surface area contributed by atoms with Crippen LogP contribution in [0, 0.1) is 0 Å². The minimum absolute atomic E-state index is 0.629. The van der Waals surface area contributed by atoms with Crippen LogP contribution in [-0.2, 0) is 6.54 Å². The summed E-state index contributed by atoms with van der Waals surface area (Å²) in [5.74, 6) is 0.629. The van der Waals surface area contributed by atoms with Crippen LogP contribution in [0.4, 0.5) is 0 Å². The first kappa shape index (κ1) is 12.9. The van der Waals surface area contributed by atoms with Gasteiger partial charge in [0.15, 0.2) is 0 Å². The van der Waals surface area contributed by atoms with E-state index in [2.05, 4.69) is 22.2 Å². The van der Waals surface area contributed by atoms with E-state index >= 15 is 0 Å². The number of unbranched alkanes of at least 4 members (excludes halogenated alkanes) is 3. The average Bonchev–Trinajstić information content (AvgIpc) is 2.30. The quantitative estimate of drug-likeness (QED) is 0.686. The van der Waals surface area contributed by atoms with E-state index in [1.54, 1.807) is 12.4 Å². The van der Waals surface area contributed by atoms with Gasteiger partial charge in [-0.1, -0.05) is 26.2 Å². The van der Waals surface area contributed by atoms with Crippen molar-refractivity contribution < 1.29 is 4.74 Å². The molecule has 0 saturated carbocycles. The number of nitrogens with zero attached hydrogens (tertiary/aromatic N) is 2. The molecule has 16 heavy (non-hydrogen) atoms. The maximum Gasteiger partial charge on any atom is 0.232 e. The molecule has 0 aliphatic rings. The number of ether oxygens (including phenoxy) is 1. The molecule has 0 fully saturated rings. The van der Waals surface area contributed by atoms with Crippen molar-refractivity contribution in [2.24, 2.45) is 0 Å². The summed E-state index contributed by atoms with van der Waals surface area (Å²) in [4.78, 5) is 8.42. The lowest BCUT2D eigenvalue weighted by Crippen LogP contribution is -2.08. The molecule has 0 amide bonds. The Balaban J connectivity index is 2.27. The summed E-state index contributed by atoms with van der Waals surface area (Å²) in [6.45, 7) is 3.66. The molecule has 0 aliphatic heterocycles. The zero-order chi connectivity index (χ0) is 11.6. The zero-order valence-electron chi connectivity index (χ0n) is 10.2. The largest absolute Gasteiger partial charge is 0.477 e. The Morgan fingerprint density at radius 3 is 2.88 bits per heavy atom. The van der Waals surface area contributed by atoms with Crippen LogP contribution in [0.5, 0.6) is 5.88 Å². The zero-order valence-corrected chi connectivity index (χ0v) is 10.2. The Kier molecular flexibility index (Phi) is 6.49. The van der Waals surface area contributed by atoms with E-state index in [-0.39, 0.29) is 0 Å². The van der Waals surface area contributed by atoms with Gasteiger partial charge >= 0.3 is 0 Å². The van der Waals surface area contributed by atoms with Gasteiger partial charge in [0.1, 0.15) is 0 Å². The molecule has 0 spiro atoms. The van der Waals surface area contributed by atoms with Gasteiger partial charge in [-0.05, 0) is 13.5 Å². The number of hydrogen-bond donors (Lipinski definition) is 1. The summed E-state index contributed by atoms with van der Waals surface area (Å²) < 4.78 is 5.54. The van der Waals surface area contributed by atoms with Crippen molar-refractivity contribution in [1.29, 1.82) is 0 Å². The van der Waals surface area contributed by atoms with Crippen molar-refractivity contribution in [3.05, 3.63) is 18.1 Å². The van der Waals surface area contributed by atoms with Crippen LogP contribution in [0.15, 0.2) is 12.4 Å². The second kappa shape index (κ2) is 8.05. The van der Waals surface area contributed by atoms with E-state index in [1.807, 2.05) is 7.05 Å². The molecule has 90 valence electrons. The first-order valence-electron chi connectivity index (χ1n) is 5.95. The lowest BCUT2D eigenvalue weighted by Gasteiger charge is -2.05. The third-order valence-electron chi connectivity index (χ3n) is 2.27. The number of aromatic nitrogens is 2. The first-order valence-corrected chi connectivity index (χ1v) is 5.95. The van der Waals surface area contributed by atoms with Crippen molar-refractivity contribution in [3.8, 4) is 5.88 Å². The molecular formula is C12H21N3O. The van der Waals surface area contributed by atoms with Crippen molar-refractivity contribution in [2.45, 2.75) is 39.2 Å². The van der Waals surface area contributed by atoms with Gasteiger partial charge in [-0.3, -0.25) is 4.98 Å². The molecule has 1 N–H and O–H groups in total.